The number of benzene rings is 2. The summed E-state index contributed by atoms with van der Waals surface area (Å²) < 4.78 is 2.24. The molecule has 0 radical (unpaired) electrons. The van der Waals surface area contributed by atoms with Gasteiger partial charge in [0.05, 0.1) is 10.4 Å². The Labute approximate surface area is 174 Å². The first kappa shape index (κ1) is 19.3. The molecule has 2 aromatic carbocycles. The van der Waals surface area contributed by atoms with Crippen LogP contribution in [0.1, 0.15) is 23.6 Å². The summed E-state index contributed by atoms with van der Waals surface area (Å²) in [4.78, 5) is 26.5. The fourth-order valence-electron chi connectivity index (χ4n) is 3.70. The summed E-state index contributed by atoms with van der Waals surface area (Å²) in [6, 6.07) is 16.6. The summed E-state index contributed by atoms with van der Waals surface area (Å²) in [5.41, 5.74) is 4.61. The first-order valence-electron chi connectivity index (χ1n) is 9.63. The number of para-hydroxylation sites is 1. The van der Waals surface area contributed by atoms with Crippen LogP contribution in [0.4, 0.5) is 4.79 Å². The predicted molar refractivity (Wildman–Crippen MR) is 120 cm³/mol. The molecule has 0 bridgehead atoms. The number of hydrogen-bond acceptors (Lipinski definition) is 3. The van der Waals surface area contributed by atoms with Crippen molar-refractivity contribution in [2.45, 2.75) is 19.9 Å². The number of aromatic nitrogens is 1. The van der Waals surface area contributed by atoms with Crippen LogP contribution in [0.2, 0.25) is 0 Å². The quantitative estimate of drug-likeness (QED) is 0.405. The number of amides is 2. The van der Waals surface area contributed by atoms with E-state index in [0.717, 1.165) is 35.7 Å². The number of carbonyl (C=O) groups is 2. The summed E-state index contributed by atoms with van der Waals surface area (Å²) in [6.07, 6.45) is 6.42. The Morgan fingerprint density at radius 2 is 1.86 bits per heavy atom. The maximum atomic E-state index is 12.6. The summed E-state index contributed by atoms with van der Waals surface area (Å²) in [7, 11) is 0. The van der Waals surface area contributed by atoms with Crippen molar-refractivity contribution in [3.8, 4) is 0 Å². The number of nitrogens with zero attached hydrogens (tertiary/aromatic N) is 2. The first-order chi connectivity index (χ1) is 14.1. The number of aryl methyl sites for hydroxylation is 1. The molecule has 0 saturated carbocycles. The average molecular weight is 403 g/mol. The average Bonchev–Trinajstić information content (AvgIpc) is 3.21. The maximum Gasteiger partial charge on any atom is 0.293 e. The lowest BCUT2D eigenvalue weighted by Crippen LogP contribution is -2.27. The number of imide groups is 1. The summed E-state index contributed by atoms with van der Waals surface area (Å²) >= 11 is 0.990. The second kappa shape index (κ2) is 8.13. The van der Waals surface area contributed by atoms with Crippen molar-refractivity contribution in [2.75, 3.05) is 6.54 Å². The van der Waals surface area contributed by atoms with E-state index in [1.54, 1.807) is 6.08 Å². The molecule has 1 saturated heterocycles. The number of carbonyl (C=O) groups excluding carboxylic acids is 2. The van der Waals surface area contributed by atoms with Crippen LogP contribution >= 0.6 is 11.8 Å². The van der Waals surface area contributed by atoms with E-state index in [4.69, 9.17) is 0 Å². The van der Waals surface area contributed by atoms with E-state index in [9.17, 15) is 9.59 Å². The summed E-state index contributed by atoms with van der Waals surface area (Å²) in [5.74, 6) is -0.254. The molecule has 0 unspecified atom stereocenters. The monoisotopic (exact) mass is 402 g/mol. The third kappa shape index (κ3) is 3.66. The molecule has 29 heavy (non-hydrogen) atoms. The van der Waals surface area contributed by atoms with Crippen molar-refractivity contribution in [3.05, 3.63) is 89.0 Å². The predicted octanol–water partition coefficient (Wildman–Crippen LogP) is 5.47. The van der Waals surface area contributed by atoms with Crippen molar-refractivity contribution in [1.82, 2.24) is 9.47 Å². The molecule has 1 aliphatic heterocycles. The zero-order valence-electron chi connectivity index (χ0n) is 16.3. The Kier molecular flexibility index (Phi) is 5.41. The molecular weight excluding hydrogens is 380 g/mol. The zero-order valence-corrected chi connectivity index (χ0v) is 17.1. The molecule has 0 spiro atoms. The van der Waals surface area contributed by atoms with E-state index in [0.29, 0.717) is 4.91 Å². The molecule has 1 aromatic heterocycles. The van der Waals surface area contributed by atoms with Crippen LogP contribution in [0.5, 0.6) is 0 Å². The molecule has 0 atom stereocenters. The Hall–Kier alpha value is -3.05. The largest absolute Gasteiger partial charge is 0.342 e. The van der Waals surface area contributed by atoms with Gasteiger partial charge < -0.3 is 4.57 Å². The molecule has 2 amide bonds. The van der Waals surface area contributed by atoms with Gasteiger partial charge in [0.2, 0.25) is 0 Å². The first-order valence-corrected chi connectivity index (χ1v) is 10.4. The van der Waals surface area contributed by atoms with Crippen molar-refractivity contribution < 1.29 is 9.59 Å². The van der Waals surface area contributed by atoms with Gasteiger partial charge in [0, 0.05) is 30.2 Å². The van der Waals surface area contributed by atoms with Crippen molar-refractivity contribution in [3.63, 3.8) is 0 Å². The number of thioether (sulfide) groups is 1. The second-order valence-electron chi connectivity index (χ2n) is 6.95. The van der Waals surface area contributed by atoms with Gasteiger partial charge >= 0.3 is 0 Å². The summed E-state index contributed by atoms with van der Waals surface area (Å²) in [5, 5.41) is 0.847. The number of fused-ring (bicyclic) bond motifs is 1. The van der Waals surface area contributed by atoms with E-state index in [2.05, 4.69) is 54.6 Å². The summed E-state index contributed by atoms with van der Waals surface area (Å²) in [6.45, 7) is 6.76. The highest BCUT2D eigenvalue weighted by atomic mass is 32.2. The second-order valence-corrected chi connectivity index (χ2v) is 7.94. The highest BCUT2D eigenvalue weighted by Gasteiger charge is 2.34. The number of rotatable bonds is 6. The normalized spacial score (nSPS) is 15.6. The van der Waals surface area contributed by atoms with Crippen molar-refractivity contribution in [1.29, 1.82) is 0 Å². The zero-order chi connectivity index (χ0) is 20.4. The lowest BCUT2D eigenvalue weighted by molar-refractivity contribution is -0.122. The van der Waals surface area contributed by atoms with Crippen LogP contribution in [0.15, 0.2) is 72.3 Å². The minimum Gasteiger partial charge on any atom is -0.342 e. The van der Waals surface area contributed by atoms with E-state index in [1.165, 1.54) is 21.5 Å². The molecule has 3 aromatic rings. The van der Waals surface area contributed by atoms with Gasteiger partial charge in [-0.25, -0.2) is 0 Å². The van der Waals surface area contributed by atoms with Crippen molar-refractivity contribution in [2.24, 2.45) is 0 Å². The van der Waals surface area contributed by atoms with Crippen LogP contribution in [0.25, 0.3) is 17.0 Å². The van der Waals surface area contributed by atoms with Crippen LogP contribution in [-0.4, -0.2) is 27.2 Å². The van der Waals surface area contributed by atoms with E-state index < -0.39 is 0 Å². The van der Waals surface area contributed by atoms with Gasteiger partial charge in [0.1, 0.15) is 0 Å². The standard InChI is InChI=1S/C24H22N2O2S/c1-3-13-26-23(27)21(29-24(26)28)14-19-16-25(15-17-9-6-5-7-10-17)22-18(4-2)11-8-12-20(19)22/h3,5-12,14,16H,1,4,13,15H2,2H3/b21-14-. The lowest BCUT2D eigenvalue weighted by atomic mass is 10.1. The van der Waals surface area contributed by atoms with E-state index >= 15 is 0 Å². The van der Waals surface area contributed by atoms with Crippen LogP contribution in [0.3, 0.4) is 0 Å². The van der Waals surface area contributed by atoms with Crippen LogP contribution < -0.4 is 0 Å². The molecule has 146 valence electrons. The fourth-order valence-corrected chi connectivity index (χ4v) is 4.54. The molecular formula is C24H22N2O2S. The molecule has 4 nitrogen and oxygen atoms in total. The molecule has 0 aliphatic carbocycles. The van der Waals surface area contributed by atoms with Gasteiger partial charge in [-0.3, -0.25) is 14.5 Å². The van der Waals surface area contributed by atoms with Gasteiger partial charge in [-0.15, -0.1) is 6.58 Å². The topological polar surface area (TPSA) is 42.3 Å². The smallest absolute Gasteiger partial charge is 0.293 e. The molecule has 2 heterocycles. The van der Waals surface area contributed by atoms with E-state index in [1.807, 2.05) is 24.3 Å². The van der Waals surface area contributed by atoms with Crippen molar-refractivity contribution >= 4 is 39.9 Å². The number of hydrogen-bond donors (Lipinski definition) is 0. The Balaban J connectivity index is 1.80. The molecule has 0 N–H and O–H groups in total. The van der Waals surface area contributed by atoms with Gasteiger partial charge in [-0.1, -0.05) is 61.5 Å². The molecule has 1 aliphatic rings. The molecule has 5 heteroatoms. The van der Waals surface area contributed by atoms with Gasteiger partial charge in [-0.05, 0) is 35.4 Å². The molecule has 1 fully saturated rings. The van der Waals surface area contributed by atoms with Crippen LogP contribution in [-0.2, 0) is 17.8 Å². The Morgan fingerprint density at radius 1 is 1.07 bits per heavy atom. The highest BCUT2D eigenvalue weighted by Crippen LogP contribution is 2.35. The van der Waals surface area contributed by atoms with Crippen LogP contribution in [0, 0.1) is 0 Å². The van der Waals surface area contributed by atoms with E-state index in [-0.39, 0.29) is 17.7 Å². The maximum absolute atomic E-state index is 12.6. The third-order valence-electron chi connectivity index (χ3n) is 5.06. The minimum absolute atomic E-state index is 0.234. The Morgan fingerprint density at radius 3 is 2.59 bits per heavy atom. The van der Waals surface area contributed by atoms with Gasteiger partial charge in [0.15, 0.2) is 0 Å². The molecule has 4 rings (SSSR count). The van der Waals surface area contributed by atoms with Gasteiger partial charge in [-0.2, -0.15) is 0 Å². The lowest BCUT2D eigenvalue weighted by Gasteiger charge is -2.08. The SMILES string of the molecule is C=CCN1C(=O)S/C(=C\c2cn(Cc3ccccc3)c3c(CC)cccc23)C1=O. The Bertz CT molecular complexity index is 1130. The minimum atomic E-state index is -0.254. The third-order valence-corrected chi connectivity index (χ3v) is 5.97. The fraction of sp³-hybridized carbons (Fsp3) is 0.167. The van der Waals surface area contributed by atoms with Gasteiger partial charge in [0.25, 0.3) is 11.1 Å². The highest BCUT2D eigenvalue weighted by molar-refractivity contribution is 8.18.